The minimum Gasteiger partial charge on any atom is -0.353 e. The standard InChI is InChI=1S/C22H24ClN3O3/c23-18-8-4-7-17(12-18)21(28)26-19(15-29-22(26)9-2-1-3-10-22)20(27)25-14-16-6-5-11-24-13-16/h4-8,11-13,19H,1-3,9-10,14-15H2,(H,25,27). The highest BCUT2D eigenvalue weighted by Crippen LogP contribution is 2.41. The number of nitrogens with one attached hydrogen (secondary N) is 1. The van der Waals surface area contributed by atoms with Gasteiger partial charge in [-0.15, -0.1) is 0 Å². The Morgan fingerprint density at radius 2 is 2.03 bits per heavy atom. The second-order valence-corrected chi connectivity index (χ2v) is 8.03. The fourth-order valence-corrected chi connectivity index (χ4v) is 4.43. The molecule has 2 amide bonds. The van der Waals surface area contributed by atoms with Crippen LogP contribution in [0.5, 0.6) is 0 Å². The first-order valence-electron chi connectivity index (χ1n) is 9.99. The monoisotopic (exact) mass is 413 g/mol. The van der Waals surface area contributed by atoms with Crippen molar-refractivity contribution in [1.29, 1.82) is 0 Å². The number of carbonyl (C=O) groups excluding carboxylic acids is 2. The van der Waals surface area contributed by atoms with E-state index >= 15 is 0 Å². The minimum absolute atomic E-state index is 0.200. The summed E-state index contributed by atoms with van der Waals surface area (Å²) in [5.74, 6) is -0.430. The Kier molecular flexibility index (Phi) is 5.83. The first-order chi connectivity index (χ1) is 14.1. The van der Waals surface area contributed by atoms with Crippen LogP contribution in [-0.2, 0) is 16.1 Å². The predicted molar refractivity (Wildman–Crippen MR) is 109 cm³/mol. The SMILES string of the molecule is O=C(NCc1cccnc1)C1COC2(CCCCC2)N1C(=O)c1cccc(Cl)c1. The van der Waals surface area contributed by atoms with Crippen molar-refractivity contribution in [2.75, 3.05) is 6.61 Å². The van der Waals surface area contributed by atoms with Gasteiger partial charge >= 0.3 is 0 Å². The second-order valence-electron chi connectivity index (χ2n) is 7.60. The van der Waals surface area contributed by atoms with Crippen molar-refractivity contribution >= 4 is 23.4 Å². The van der Waals surface area contributed by atoms with Crippen LogP contribution in [-0.4, -0.2) is 40.1 Å². The number of pyridine rings is 1. The van der Waals surface area contributed by atoms with E-state index in [-0.39, 0.29) is 18.4 Å². The van der Waals surface area contributed by atoms with Gasteiger partial charge in [0.05, 0.1) is 6.61 Å². The Hall–Kier alpha value is -2.44. The van der Waals surface area contributed by atoms with E-state index in [1.807, 2.05) is 12.1 Å². The number of aromatic nitrogens is 1. The van der Waals surface area contributed by atoms with Crippen LogP contribution in [0, 0.1) is 0 Å². The van der Waals surface area contributed by atoms with Gasteiger partial charge in [-0.2, -0.15) is 0 Å². The van der Waals surface area contributed by atoms with Crippen molar-refractivity contribution in [3.63, 3.8) is 0 Å². The average molecular weight is 414 g/mol. The molecule has 2 fully saturated rings. The van der Waals surface area contributed by atoms with Crippen LogP contribution < -0.4 is 5.32 Å². The van der Waals surface area contributed by atoms with Gasteiger partial charge in [0.15, 0.2) is 0 Å². The molecule has 1 saturated heterocycles. The van der Waals surface area contributed by atoms with Crippen molar-refractivity contribution in [2.45, 2.75) is 50.4 Å². The van der Waals surface area contributed by atoms with Gasteiger partial charge < -0.3 is 10.1 Å². The third-order valence-electron chi connectivity index (χ3n) is 5.68. The number of rotatable bonds is 4. The summed E-state index contributed by atoms with van der Waals surface area (Å²) < 4.78 is 6.15. The summed E-state index contributed by atoms with van der Waals surface area (Å²) in [4.78, 5) is 32.2. The lowest BCUT2D eigenvalue weighted by Crippen LogP contribution is -2.56. The summed E-state index contributed by atoms with van der Waals surface area (Å²) in [6.07, 6.45) is 7.95. The first kappa shape index (κ1) is 19.9. The highest BCUT2D eigenvalue weighted by atomic mass is 35.5. The zero-order valence-corrected chi connectivity index (χ0v) is 16.9. The van der Waals surface area contributed by atoms with E-state index in [1.165, 1.54) is 0 Å². The molecule has 4 rings (SSSR count). The Balaban J connectivity index is 1.58. The number of hydrogen-bond donors (Lipinski definition) is 1. The summed E-state index contributed by atoms with van der Waals surface area (Å²) in [5, 5.41) is 3.42. The van der Waals surface area contributed by atoms with Gasteiger partial charge in [-0.05, 0) is 55.5 Å². The molecule has 1 aromatic heterocycles. The van der Waals surface area contributed by atoms with Crippen LogP contribution >= 0.6 is 11.6 Å². The molecule has 2 heterocycles. The summed E-state index contributed by atoms with van der Waals surface area (Å²) in [7, 11) is 0. The lowest BCUT2D eigenvalue weighted by atomic mass is 9.89. The number of benzene rings is 1. The van der Waals surface area contributed by atoms with Crippen molar-refractivity contribution in [1.82, 2.24) is 15.2 Å². The zero-order valence-electron chi connectivity index (χ0n) is 16.1. The normalized spacial score (nSPS) is 20.6. The van der Waals surface area contributed by atoms with Crippen molar-refractivity contribution in [3.8, 4) is 0 Å². The van der Waals surface area contributed by atoms with Crippen LogP contribution in [0.2, 0.25) is 5.02 Å². The van der Waals surface area contributed by atoms with E-state index < -0.39 is 11.8 Å². The maximum atomic E-state index is 13.5. The van der Waals surface area contributed by atoms with E-state index in [4.69, 9.17) is 16.3 Å². The molecule has 1 spiro atoms. The molecule has 29 heavy (non-hydrogen) atoms. The summed E-state index contributed by atoms with van der Waals surface area (Å²) in [6, 6.07) is 9.90. The lowest BCUT2D eigenvalue weighted by Gasteiger charge is -2.41. The zero-order chi connectivity index (χ0) is 20.3. The highest BCUT2D eigenvalue weighted by Gasteiger charge is 2.52. The third-order valence-corrected chi connectivity index (χ3v) is 5.91. The molecule has 7 heteroatoms. The molecule has 1 unspecified atom stereocenters. The van der Waals surface area contributed by atoms with Gasteiger partial charge in [0, 0.05) is 29.5 Å². The number of amides is 2. The largest absolute Gasteiger partial charge is 0.353 e. The number of halogens is 1. The van der Waals surface area contributed by atoms with Gasteiger partial charge in [0.25, 0.3) is 5.91 Å². The molecule has 1 atom stereocenters. The molecule has 6 nitrogen and oxygen atoms in total. The Morgan fingerprint density at radius 3 is 2.76 bits per heavy atom. The van der Waals surface area contributed by atoms with Crippen LogP contribution in [0.1, 0.15) is 48.0 Å². The fraction of sp³-hybridized carbons (Fsp3) is 0.409. The van der Waals surface area contributed by atoms with Crippen LogP contribution in [0.15, 0.2) is 48.8 Å². The smallest absolute Gasteiger partial charge is 0.256 e. The fourth-order valence-electron chi connectivity index (χ4n) is 4.24. The van der Waals surface area contributed by atoms with Crippen LogP contribution in [0.25, 0.3) is 0 Å². The summed E-state index contributed by atoms with van der Waals surface area (Å²) in [5.41, 5.74) is 0.659. The average Bonchev–Trinajstić information content (AvgIpc) is 3.11. The van der Waals surface area contributed by atoms with Gasteiger partial charge in [-0.1, -0.05) is 30.2 Å². The van der Waals surface area contributed by atoms with E-state index in [0.29, 0.717) is 17.1 Å². The number of ether oxygens (including phenoxy) is 1. The molecule has 0 bridgehead atoms. The summed E-state index contributed by atoms with van der Waals surface area (Å²) in [6.45, 7) is 0.556. The van der Waals surface area contributed by atoms with Crippen LogP contribution in [0.3, 0.4) is 0 Å². The molecule has 1 aliphatic carbocycles. The molecule has 1 N–H and O–H groups in total. The van der Waals surface area contributed by atoms with Gasteiger partial charge in [0.2, 0.25) is 5.91 Å². The molecule has 2 aliphatic rings. The lowest BCUT2D eigenvalue weighted by molar-refractivity contribution is -0.127. The number of hydrogen-bond acceptors (Lipinski definition) is 4. The van der Waals surface area contributed by atoms with Crippen molar-refractivity contribution in [2.24, 2.45) is 0 Å². The molecular weight excluding hydrogens is 390 g/mol. The first-order valence-corrected chi connectivity index (χ1v) is 10.4. The Bertz CT molecular complexity index is 884. The van der Waals surface area contributed by atoms with E-state index in [0.717, 1.165) is 37.7 Å². The minimum atomic E-state index is -0.714. The summed E-state index contributed by atoms with van der Waals surface area (Å²) >= 11 is 6.10. The van der Waals surface area contributed by atoms with Gasteiger partial charge in [0.1, 0.15) is 11.8 Å². The maximum absolute atomic E-state index is 13.5. The Morgan fingerprint density at radius 1 is 1.21 bits per heavy atom. The molecule has 2 aromatic rings. The maximum Gasteiger partial charge on any atom is 0.256 e. The van der Waals surface area contributed by atoms with Gasteiger partial charge in [-0.3, -0.25) is 19.5 Å². The Labute approximate surface area is 175 Å². The topological polar surface area (TPSA) is 71.5 Å². The predicted octanol–water partition coefficient (Wildman–Crippen LogP) is 3.55. The molecule has 1 saturated carbocycles. The molecule has 1 aromatic carbocycles. The van der Waals surface area contributed by atoms with Crippen LogP contribution in [0.4, 0.5) is 0 Å². The van der Waals surface area contributed by atoms with E-state index in [1.54, 1.807) is 41.6 Å². The second kappa shape index (κ2) is 8.51. The van der Waals surface area contributed by atoms with Gasteiger partial charge in [-0.25, -0.2) is 0 Å². The van der Waals surface area contributed by atoms with Crippen molar-refractivity contribution in [3.05, 3.63) is 64.9 Å². The van der Waals surface area contributed by atoms with Crippen molar-refractivity contribution < 1.29 is 14.3 Å². The van der Waals surface area contributed by atoms with E-state index in [9.17, 15) is 9.59 Å². The number of nitrogens with zero attached hydrogens (tertiary/aromatic N) is 2. The quantitative estimate of drug-likeness (QED) is 0.832. The third kappa shape index (κ3) is 4.14. The highest BCUT2D eigenvalue weighted by molar-refractivity contribution is 6.31. The molecular formula is C22H24ClN3O3. The molecule has 1 aliphatic heterocycles. The molecule has 0 radical (unpaired) electrons. The number of carbonyl (C=O) groups is 2. The van der Waals surface area contributed by atoms with E-state index in [2.05, 4.69) is 10.3 Å². The molecule has 152 valence electrons.